The van der Waals surface area contributed by atoms with Crippen molar-refractivity contribution in [3.63, 3.8) is 0 Å². The Morgan fingerprint density at radius 3 is 2.81 bits per heavy atom. The number of carbonyl (C=O) groups is 1. The average molecular weight is 415 g/mol. The lowest BCUT2D eigenvalue weighted by atomic mass is 9.94. The second-order valence-electron chi connectivity index (χ2n) is 6.56. The first-order chi connectivity index (χ1) is 12.3. The number of fused-ring (bicyclic) bond motifs is 1. The standard InChI is InChI=1S/C18H22N4O3.2ClH/c23-18(17-1-5-21-25-17)20-11-13-9-19-10-14-12-22(6-2-16(13)14)15-3-7-24-8-4-15;;/h1,5,9-10,15H,2-4,6-8,11-12H2,(H,20,23);2*1H. The van der Waals surface area contributed by atoms with Gasteiger partial charge in [-0.1, -0.05) is 5.16 Å². The lowest BCUT2D eigenvalue weighted by molar-refractivity contribution is 0.0289. The molecule has 4 rings (SSSR count). The molecule has 2 aliphatic rings. The number of rotatable bonds is 4. The van der Waals surface area contributed by atoms with Crippen LogP contribution in [0.5, 0.6) is 0 Å². The second-order valence-corrected chi connectivity index (χ2v) is 6.56. The minimum atomic E-state index is -0.255. The maximum absolute atomic E-state index is 12.0. The van der Waals surface area contributed by atoms with E-state index in [1.165, 1.54) is 17.3 Å². The van der Waals surface area contributed by atoms with Gasteiger partial charge in [0, 0.05) is 57.3 Å². The van der Waals surface area contributed by atoms with E-state index in [1.54, 1.807) is 6.07 Å². The number of ether oxygens (including phenoxy) is 1. The first-order valence-corrected chi connectivity index (χ1v) is 8.76. The van der Waals surface area contributed by atoms with Crippen molar-refractivity contribution in [3.8, 4) is 0 Å². The molecule has 2 aromatic rings. The van der Waals surface area contributed by atoms with Crippen LogP contribution in [-0.2, 0) is 24.2 Å². The van der Waals surface area contributed by atoms with Crippen molar-refractivity contribution in [2.24, 2.45) is 0 Å². The summed E-state index contributed by atoms with van der Waals surface area (Å²) >= 11 is 0. The summed E-state index contributed by atoms with van der Waals surface area (Å²) in [7, 11) is 0. The highest BCUT2D eigenvalue weighted by Crippen LogP contribution is 2.26. The van der Waals surface area contributed by atoms with Gasteiger partial charge in [0.25, 0.3) is 5.91 Å². The van der Waals surface area contributed by atoms with Crippen molar-refractivity contribution in [1.82, 2.24) is 20.4 Å². The molecule has 0 spiro atoms. The summed E-state index contributed by atoms with van der Waals surface area (Å²) in [5, 5.41) is 6.44. The molecule has 0 saturated carbocycles. The zero-order valence-corrected chi connectivity index (χ0v) is 16.6. The molecule has 0 radical (unpaired) electrons. The van der Waals surface area contributed by atoms with Crippen LogP contribution in [0.4, 0.5) is 0 Å². The van der Waals surface area contributed by atoms with E-state index in [2.05, 4.69) is 20.4 Å². The summed E-state index contributed by atoms with van der Waals surface area (Å²) in [5.74, 6) is -0.0294. The zero-order valence-electron chi connectivity index (χ0n) is 14.9. The second kappa shape index (κ2) is 10.0. The van der Waals surface area contributed by atoms with E-state index < -0.39 is 0 Å². The number of halogens is 2. The molecule has 9 heteroatoms. The van der Waals surface area contributed by atoms with Crippen molar-refractivity contribution < 1.29 is 14.1 Å². The van der Waals surface area contributed by atoms with Gasteiger partial charge >= 0.3 is 0 Å². The number of hydrogen-bond donors (Lipinski definition) is 1. The fourth-order valence-corrected chi connectivity index (χ4v) is 3.70. The largest absolute Gasteiger partial charge is 0.381 e. The van der Waals surface area contributed by atoms with Gasteiger partial charge in [-0.15, -0.1) is 24.8 Å². The number of aromatic nitrogens is 2. The van der Waals surface area contributed by atoms with Gasteiger partial charge in [0.2, 0.25) is 5.76 Å². The summed E-state index contributed by atoms with van der Waals surface area (Å²) in [6, 6.07) is 2.16. The van der Waals surface area contributed by atoms with E-state index in [1.807, 2.05) is 12.4 Å². The highest BCUT2D eigenvalue weighted by molar-refractivity contribution is 5.91. The number of carbonyl (C=O) groups excluding carboxylic acids is 1. The molecule has 148 valence electrons. The minimum absolute atomic E-state index is 0. The Bertz CT molecular complexity index is 736. The normalized spacial score (nSPS) is 17.3. The highest BCUT2D eigenvalue weighted by Gasteiger charge is 2.26. The van der Waals surface area contributed by atoms with E-state index >= 15 is 0 Å². The topological polar surface area (TPSA) is 80.5 Å². The highest BCUT2D eigenvalue weighted by atomic mass is 35.5. The Labute approximate surface area is 170 Å². The number of amides is 1. The number of pyridine rings is 1. The molecule has 0 aromatic carbocycles. The van der Waals surface area contributed by atoms with Crippen molar-refractivity contribution in [2.45, 2.75) is 38.4 Å². The summed E-state index contributed by atoms with van der Waals surface area (Å²) in [5.41, 5.74) is 3.66. The molecule has 2 aromatic heterocycles. The third kappa shape index (κ3) is 4.99. The molecule has 1 saturated heterocycles. The quantitative estimate of drug-likeness (QED) is 0.826. The first-order valence-electron chi connectivity index (χ1n) is 8.76. The van der Waals surface area contributed by atoms with Crippen LogP contribution >= 0.6 is 24.8 Å². The average Bonchev–Trinajstić information content (AvgIpc) is 3.21. The first kappa shape index (κ1) is 21.6. The predicted molar refractivity (Wildman–Crippen MR) is 104 cm³/mol. The summed E-state index contributed by atoms with van der Waals surface area (Å²) < 4.78 is 10.4. The van der Waals surface area contributed by atoms with Gasteiger partial charge in [0.15, 0.2) is 0 Å². The van der Waals surface area contributed by atoms with Gasteiger partial charge in [0.05, 0.1) is 6.20 Å². The number of hydrogen-bond acceptors (Lipinski definition) is 6. The van der Waals surface area contributed by atoms with Gasteiger partial charge in [-0.2, -0.15) is 0 Å². The Kier molecular flexibility index (Phi) is 8.04. The zero-order chi connectivity index (χ0) is 17.1. The molecule has 1 fully saturated rings. The molecule has 0 bridgehead atoms. The van der Waals surface area contributed by atoms with E-state index in [9.17, 15) is 4.79 Å². The lowest BCUT2D eigenvalue weighted by Crippen LogP contribution is -2.42. The van der Waals surface area contributed by atoms with Crippen molar-refractivity contribution in [2.75, 3.05) is 19.8 Å². The van der Waals surface area contributed by atoms with Gasteiger partial charge in [-0.25, -0.2) is 0 Å². The minimum Gasteiger partial charge on any atom is -0.381 e. The van der Waals surface area contributed by atoms with Crippen LogP contribution in [0.2, 0.25) is 0 Å². The van der Waals surface area contributed by atoms with E-state index in [0.29, 0.717) is 12.6 Å². The van der Waals surface area contributed by atoms with Gasteiger partial charge in [-0.05, 0) is 36.0 Å². The Hall–Kier alpha value is -1.67. The molecule has 0 unspecified atom stereocenters. The van der Waals surface area contributed by atoms with Crippen LogP contribution in [0.15, 0.2) is 29.2 Å². The molecule has 1 N–H and O–H groups in total. The maximum atomic E-state index is 12.0. The maximum Gasteiger partial charge on any atom is 0.290 e. The van der Waals surface area contributed by atoms with Gasteiger partial charge in [0.1, 0.15) is 0 Å². The van der Waals surface area contributed by atoms with Crippen molar-refractivity contribution >= 4 is 30.7 Å². The molecule has 4 heterocycles. The Balaban J connectivity index is 0.00000131. The summed E-state index contributed by atoms with van der Waals surface area (Å²) in [6.07, 6.45) is 8.48. The molecule has 0 aliphatic carbocycles. The van der Waals surface area contributed by atoms with E-state index in [4.69, 9.17) is 9.26 Å². The molecule has 2 aliphatic heterocycles. The summed E-state index contributed by atoms with van der Waals surface area (Å²) in [4.78, 5) is 18.9. The molecule has 27 heavy (non-hydrogen) atoms. The van der Waals surface area contributed by atoms with Crippen molar-refractivity contribution in [1.29, 1.82) is 0 Å². The molecular formula is C18H24Cl2N4O3. The van der Waals surface area contributed by atoms with E-state index in [0.717, 1.165) is 51.1 Å². The predicted octanol–water partition coefficient (Wildman–Crippen LogP) is 2.38. The van der Waals surface area contributed by atoms with Crippen LogP contribution in [0.1, 0.15) is 40.1 Å². The fraction of sp³-hybridized carbons (Fsp3) is 0.500. The van der Waals surface area contributed by atoms with Crippen LogP contribution in [0.3, 0.4) is 0 Å². The smallest absolute Gasteiger partial charge is 0.290 e. The van der Waals surface area contributed by atoms with Crippen LogP contribution in [0, 0.1) is 0 Å². The Morgan fingerprint density at radius 1 is 1.26 bits per heavy atom. The third-order valence-electron chi connectivity index (χ3n) is 5.07. The molecule has 1 amide bonds. The van der Waals surface area contributed by atoms with Gasteiger partial charge < -0.3 is 14.6 Å². The van der Waals surface area contributed by atoms with Crippen LogP contribution in [0.25, 0.3) is 0 Å². The van der Waals surface area contributed by atoms with Gasteiger partial charge in [-0.3, -0.25) is 14.7 Å². The summed E-state index contributed by atoms with van der Waals surface area (Å²) in [6.45, 7) is 4.15. The lowest BCUT2D eigenvalue weighted by Gasteiger charge is -2.37. The van der Waals surface area contributed by atoms with E-state index in [-0.39, 0.29) is 36.5 Å². The molecule has 0 atom stereocenters. The SMILES string of the molecule is Cl.Cl.O=C(NCc1cncc2c1CCN(C1CCOCC1)C2)c1ccno1. The number of nitrogens with one attached hydrogen (secondary N) is 1. The van der Waals surface area contributed by atoms with Crippen LogP contribution < -0.4 is 5.32 Å². The Morgan fingerprint density at radius 2 is 2.07 bits per heavy atom. The molecule has 7 nitrogen and oxygen atoms in total. The van der Waals surface area contributed by atoms with Crippen LogP contribution in [-0.4, -0.2) is 46.7 Å². The fourth-order valence-electron chi connectivity index (χ4n) is 3.70. The monoisotopic (exact) mass is 414 g/mol. The third-order valence-corrected chi connectivity index (χ3v) is 5.07. The molecular weight excluding hydrogens is 391 g/mol. The number of nitrogens with zero attached hydrogens (tertiary/aromatic N) is 3. The van der Waals surface area contributed by atoms with Crippen molar-refractivity contribution in [3.05, 3.63) is 47.1 Å².